The largest absolute Gasteiger partial charge is 0.326 e. The van der Waals surface area contributed by atoms with Crippen molar-refractivity contribution in [1.82, 2.24) is 4.90 Å². The quantitative estimate of drug-likeness (QED) is 0.829. The van der Waals surface area contributed by atoms with Gasteiger partial charge >= 0.3 is 0 Å². The smallest absolute Gasteiger partial charge is 0.0249 e. The van der Waals surface area contributed by atoms with Crippen molar-refractivity contribution in [3.8, 4) is 0 Å². The fourth-order valence-corrected chi connectivity index (χ4v) is 2.54. The van der Waals surface area contributed by atoms with E-state index in [-0.39, 0.29) is 6.04 Å². The number of hydrogen-bond acceptors (Lipinski definition) is 2. The van der Waals surface area contributed by atoms with E-state index < -0.39 is 0 Å². The predicted octanol–water partition coefficient (Wildman–Crippen LogP) is 1.81. The van der Waals surface area contributed by atoms with Crippen LogP contribution in [-0.2, 0) is 0 Å². The van der Waals surface area contributed by atoms with Crippen molar-refractivity contribution in [2.24, 2.45) is 5.73 Å². The molecule has 1 saturated heterocycles. The van der Waals surface area contributed by atoms with E-state index in [9.17, 15) is 0 Å². The molecule has 14 heavy (non-hydrogen) atoms. The highest BCUT2D eigenvalue weighted by Gasteiger charge is 2.28. The topological polar surface area (TPSA) is 29.3 Å². The van der Waals surface area contributed by atoms with E-state index in [0.29, 0.717) is 5.92 Å². The van der Waals surface area contributed by atoms with Gasteiger partial charge in [0.25, 0.3) is 0 Å². The van der Waals surface area contributed by atoms with Crippen molar-refractivity contribution in [1.29, 1.82) is 0 Å². The second kappa shape index (κ2) is 4.01. The molecule has 2 atom stereocenters. The molecule has 0 spiro atoms. The lowest BCUT2D eigenvalue weighted by Crippen LogP contribution is -2.27. The molecule has 2 nitrogen and oxygen atoms in total. The van der Waals surface area contributed by atoms with Crippen LogP contribution in [0.3, 0.4) is 0 Å². The third kappa shape index (κ3) is 2.00. The Balaban J connectivity index is 2.23. The first-order valence-electron chi connectivity index (χ1n) is 4.86. The molecule has 1 aromatic carbocycles. The third-order valence-electron chi connectivity index (χ3n) is 2.82. The van der Waals surface area contributed by atoms with Crippen molar-refractivity contribution in [2.75, 3.05) is 20.1 Å². The van der Waals surface area contributed by atoms with Crippen LogP contribution in [0, 0.1) is 0 Å². The third-order valence-corrected chi connectivity index (χ3v) is 3.32. The lowest BCUT2D eigenvalue weighted by Gasteiger charge is -2.14. The maximum Gasteiger partial charge on any atom is 0.0249 e. The molecule has 76 valence electrons. The number of rotatable bonds is 1. The molecule has 0 amide bonds. The molecule has 0 aromatic heterocycles. The van der Waals surface area contributed by atoms with Crippen molar-refractivity contribution in [3.05, 3.63) is 34.3 Å². The van der Waals surface area contributed by atoms with Gasteiger partial charge < -0.3 is 10.6 Å². The zero-order chi connectivity index (χ0) is 10.1. The Morgan fingerprint density at radius 3 is 2.79 bits per heavy atom. The Labute approximate surface area is 93.2 Å². The summed E-state index contributed by atoms with van der Waals surface area (Å²) in [6.07, 6.45) is 0. The molecule has 3 heteroatoms. The molecule has 1 heterocycles. The van der Waals surface area contributed by atoms with E-state index in [1.165, 1.54) is 5.56 Å². The van der Waals surface area contributed by atoms with Crippen LogP contribution < -0.4 is 5.73 Å². The Hall–Kier alpha value is -0.380. The molecule has 2 N–H and O–H groups in total. The minimum absolute atomic E-state index is 0.272. The zero-order valence-corrected chi connectivity index (χ0v) is 9.87. The van der Waals surface area contributed by atoms with Gasteiger partial charge in [-0.05, 0) is 24.7 Å². The average Bonchev–Trinajstić information content (AvgIpc) is 2.45. The van der Waals surface area contributed by atoms with Gasteiger partial charge in [-0.3, -0.25) is 0 Å². The molecule has 1 fully saturated rings. The molecule has 1 aromatic rings. The number of halogens is 1. The lowest BCUT2D eigenvalue weighted by atomic mass is 9.95. The summed E-state index contributed by atoms with van der Waals surface area (Å²) in [6.45, 7) is 2.06. The highest BCUT2D eigenvalue weighted by molar-refractivity contribution is 9.10. The first-order valence-corrected chi connectivity index (χ1v) is 5.65. The van der Waals surface area contributed by atoms with Crippen LogP contribution in [0.25, 0.3) is 0 Å². The SMILES string of the molecule is CN1C[C@H](c2cccc(Br)c2)[C@@H](N)C1. The number of nitrogens with two attached hydrogens (primary N) is 1. The standard InChI is InChI=1S/C11H15BrN2/c1-14-6-10(11(13)7-14)8-3-2-4-9(12)5-8/h2-5,10-11H,6-7,13H2,1H3/t10-,11+/m1/s1. The van der Waals surface area contributed by atoms with E-state index >= 15 is 0 Å². The molecule has 0 aliphatic carbocycles. The van der Waals surface area contributed by atoms with E-state index in [0.717, 1.165) is 17.6 Å². The maximum absolute atomic E-state index is 6.09. The van der Waals surface area contributed by atoms with Gasteiger partial charge in [0.15, 0.2) is 0 Å². The first-order chi connectivity index (χ1) is 6.66. The first kappa shape index (κ1) is 10.1. The van der Waals surface area contributed by atoms with Gasteiger partial charge in [-0.25, -0.2) is 0 Å². The van der Waals surface area contributed by atoms with Crippen LogP contribution in [0.5, 0.6) is 0 Å². The average molecular weight is 255 g/mol. The summed E-state index contributed by atoms with van der Waals surface area (Å²) in [5, 5.41) is 0. The van der Waals surface area contributed by atoms with Crippen molar-refractivity contribution in [3.63, 3.8) is 0 Å². The van der Waals surface area contributed by atoms with Crippen LogP contribution in [-0.4, -0.2) is 31.1 Å². The van der Waals surface area contributed by atoms with E-state index in [1.807, 2.05) is 6.07 Å². The summed E-state index contributed by atoms with van der Waals surface area (Å²) in [5.74, 6) is 0.484. The van der Waals surface area contributed by atoms with Gasteiger partial charge in [0.05, 0.1) is 0 Å². The Morgan fingerprint density at radius 1 is 1.43 bits per heavy atom. The number of benzene rings is 1. The molecule has 1 aliphatic rings. The lowest BCUT2D eigenvalue weighted by molar-refractivity contribution is 0.407. The van der Waals surface area contributed by atoms with Gasteiger partial charge in [0.1, 0.15) is 0 Å². The highest BCUT2D eigenvalue weighted by Crippen LogP contribution is 2.27. The number of likely N-dealkylation sites (N-methyl/N-ethyl adjacent to an activating group) is 1. The van der Waals surface area contributed by atoms with Crippen LogP contribution in [0.1, 0.15) is 11.5 Å². The van der Waals surface area contributed by atoms with Gasteiger partial charge in [-0.1, -0.05) is 28.1 Å². The molecule has 0 radical (unpaired) electrons. The van der Waals surface area contributed by atoms with E-state index in [4.69, 9.17) is 5.73 Å². The summed E-state index contributed by atoms with van der Waals surface area (Å²) in [5.41, 5.74) is 7.44. The van der Waals surface area contributed by atoms with Gasteiger partial charge in [-0.2, -0.15) is 0 Å². The number of hydrogen-bond donors (Lipinski definition) is 1. The normalized spacial score (nSPS) is 28.2. The molecule has 2 rings (SSSR count). The number of likely N-dealkylation sites (tertiary alicyclic amines) is 1. The Bertz CT molecular complexity index is 327. The summed E-state index contributed by atoms with van der Waals surface area (Å²) < 4.78 is 1.14. The Kier molecular flexibility index (Phi) is 2.91. The summed E-state index contributed by atoms with van der Waals surface area (Å²) in [7, 11) is 2.12. The highest BCUT2D eigenvalue weighted by atomic mass is 79.9. The fourth-order valence-electron chi connectivity index (χ4n) is 2.12. The second-order valence-corrected chi connectivity index (χ2v) is 4.96. The van der Waals surface area contributed by atoms with E-state index in [2.05, 4.69) is 46.1 Å². The Morgan fingerprint density at radius 2 is 2.21 bits per heavy atom. The zero-order valence-electron chi connectivity index (χ0n) is 8.28. The van der Waals surface area contributed by atoms with Gasteiger partial charge in [-0.15, -0.1) is 0 Å². The van der Waals surface area contributed by atoms with Crippen LogP contribution in [0.2, 0.25) is 0 Å². The van der Waals surface area contributed by atoms with Crippen molar-refractivity contribution >= 4 is 15.9 Å². The van der Waals surface area contributed by atoms with Gasteiger partial charge in [0.2, 0.25) is 0 Å². The minimum atomic E-state index is 0.272. The molecule has 0 saturated carbocycles. The maximum atomic E-state index is 6.09. The van der Waals surface area contributed by atoms with Gasteiger partial charge in [0, 0.05) is 29.5 Å². The number of nitrogens with zero attached hydrogens (tertiary/aromatic N) is 1. The van der Waals surface area contributed by atoms with E-state index in [1.54, 1.807) is 0 Å². The molecular weight excluding hydrogens is 240 g/mol. The molecular formula is C11H15BrN2. The molecule has 1 aliphatic heterocycles. The fraction of sp³-hybridized carbons (Fsp3) is 0.455. The molecule has 0 bridgehead atoms. The van der Waals surface area contributed by atoms with Crippen LogP contribution >= 0.6 is 15.9 Å². The van der Waals surface area contributed by atoms with Crippen molar-refractivity contribution < 1.29 is 0 Å². The monoisotopic (exact) mass is 254 g/mol. The van der Waals surface area contributed by atoms with Crippen molar-refractivity contribution in [2.45, 2.75) is 12.0 Å². The summed E-state index contributed by atoms with van der Waals surface area (Å²) in [6, 6.07) is 8.73. The minimum Gasteiger partial charge on any atom is -0.326 e. The second-order valence-electron chi connectivity index (χ2n) is 4.05. The summed E-state index contributed by atoms with van der Waals surface area (Å²) >= 11 is 3.49. The van der Waals surface area contributed by atoms with Crippen LogP contribution in [0.4, 0.5) is 0 Å². The van der Waals surface area contributed by atoms with Crippen LogP contribution in [0.15, 0.2) is 28.7 Å². The molecule has 0 unspecified atom stereocenters. The summed E-state index contributed by atoms with van der Waals surface area (Å²) in [4.78, 5) is 2.29. The predicted molar refractivity (Wildman–Crippen MR) is 62.4 cm³/mol.